The number of hydrogen-bond donors (Lipinski definition) is 0. The highest BCUT2D eigenvalue weighted by Crippen LogP contribution is 2.28. The molecule has 0 N–H and O–H groups in total. The molecule has 0 rings (SSSR count). The molecular formula is C9H10F3NO4S. The maximum atomic E-state index is 12.3. The van der Waals surface area contributed by atoms with Gasteiger partial charge in [0.05, 0.1) is 7.11 Å². The summed E-state index contributed by atoms with van der Waals surface area (Å²) in [5.74, 6) is -1.21. The van der Waals surface area contributed by atoms with Gasteiger partial charge in [0.15, 0.2) is 6.04 Å². The number of sulfonamides is 1. The zero-order chi connectivity index (χ0) is 14.6. The summed E-state index contributed by atoms with van der Waals surface area (Å²) in [7, 11) is -4.92. The Morgan fingerprint density at radius 1 is 1.61 bits per heavy atom. The van der Waals surface area contributed by atoms with Gasteiger partial charge in [0.25, 0.3) is 0 Å². The van der Waals surface area contributed by atoms with Crippen molar-refractivity contribution < 1.29 is 31.1 Å². The second-order valence-electron chi connectivity index (χ2n) is 2.94. The molecule has 0 saturated heterocycles. The van der Waals surface area contributed by atoms with Crippen LogP contribution in [0.5, 0.6) is 0 Å². The lowest BCUT2D eigenvalue weighted by Crippen LogP contribution is -2.47. The molecule has 0 aliphatic rings. The van der Waals surface area contributed by atoms with Crippen molar-refractivity contribution in [2.45, 2.75) is 18.0 Å². The van der Waals surface area contributed by atoms with Gasteiger partial charge in [-0.25, -0.2) is 9.10 Å². The van der Waals surface area contributed by atoms with Gasteiger partial charge in [-0.15, -0.1) is 6.58 Å². The maximum Gasteiger partial charge on any atom is 0.517 e. The van der Waals surface area contributed by atoms with Crippen LogP contribution in [0.15, 0.2) is 12.7 Å². The molecule has 102 valence electrons. The third-order valence-electron chi connectivity index (χ3n) is 1.82. The first-order valence-electron chi connectivity index (χ1n) is 4.39. The maximum absolute atomic E-state index is 12.3. The van der Waals surface area contributed by atoms with Crippen molar-refractivity contribution in [2.24, 2.45) is 0 Å². The number of halogens is 3. The first-order valence-corrected chi connectivity index (χ1v) is 5.83. The molecule has 5 nitrogen and oxygen atoms in total. The summed E-state index contributed by atoms with van der Waals surface area (Å²) >= 11 is 0. The Morgan fingerprint density at radius 2 is 2.11 bits per heavy atom. The molecule has 0 bridgehead atoms. The first-order chi connectivity index (χ1) is 8.13. The fourth-order valence-corrected chi connectivity index (χ4v) is 1.89. The molecule has 0 aliphatic heterocycles. The molecule has 0 aromatic heterocycles. The van der Waals surface area contributed by atoms with Gasteiger partial charge in [-0.05, 0) is 6.42 Å². The van der Waals surface area contributed by atoms with Crippen LogP contribution in [0.4, 0.5) is 13.2 Å². The van der Waals surface area contributed by atoms with Crippen LogP contribution in [-0.4, -0.2) is 37.4 Å². The van der Waals surface area contributed by atoms with Crippen LogP contribution < -0.4 is 0 Å². The molecule has 0 saturated carbocycles. The lowest BCUT2D eigenvalue weighted by atomic mass is 10.2. The molecule has 9 heteroatoms. The third-order valence-corrected chi connectivity index (χ3v) is 3.29. The number of esters is 1. The van der Waals surface area contributed by atoms with Gasteiger partial charge in [-0.2, -0.15) is 21.6 Å². The lowest BCUT2D eigenvalue weighted by Gasteiger charge is -2.25. The molecule has 0 heterocycles. The number of carbonyl (C=O) groups excluding carboxylic acids is 1. The quantitative estimate of drug-likeness (QED) is 0.325. The number of rotatable bonds is 5. The van der Waals surface area contributed by atoms with E-state index in [1.54, 1.807) is 0 Å². The molecule has 0 unspecified atom stereocenters. The average molecular weight is 285 g/mol. The fraction of sp³-hybridized carbons (Fsp3) is 0.444. The predicted octanol–water partition coefficient (Wildman–Crippen LogP) is 0.846. The monoisotopic (exact) mass is 285 g/mol. The van der Waals surface area contributed by atoms with Crippen molar-refractivity contribution >= 4 is 16.0 Å². The number of carbonyl (C=O) groups is 1. The van der Waals surface area contributed by atoms with E-state index in [1.165, 1.54) is 6.04 Å². The van der Waals surface area contributed by atoms with Crippen molar-refractivity contribution in [1.29, 1.82) is 0 Å². The summed E-state index contributed by atoms with van der Waals surface area (Å²) in [6, 6.07) is -0.476. The number of alkyl halides is 3. The Kier molecular flexibility index (Phi) is 5.23. The number of hydrogen-bond acceptors (Lipinski definition) is 4. The Morgan fingerprint density at radius 3 is 2.39 bits per heavy atom. The van der Waals surface area contributed by atoms with Crippen LogP contribution >= 0.6 is 0 Å². The third kappa shape index (κ3) is 3.16. The summed E-state index contributed by atoms with van der Waals surface area (Å²) in [5, 5.41) is 0. The first kappa shape index (κ1) is 16.3. The van der Waals surface area contributed by atoms with Crippen LogP contribution in [0.25, 0.3) is 0 Å². The summed E-state index contributed by atoms with van der Waals surface area (Å²) < 4.78 is 63.1. The molecule has 0 aromatic rings. The average Bonchev–Trinajstić information content (AvgIpc) is 2.26. The molecule has 0 aliphatic carbocycles. The van der Waals surface area contributed by atoms with Crippen molar-refractivity contribution in [1.82, 2.24) is 4.31 Å². The van der Waals surface area contributed by atoms with Crippen molar-refractivity contribution in [3.63, 3.8) is 0 Å². The van der Waals surface area contributed by atoms with Gasteiger partial charge < -0.3 is 4.74 Å². The lowest BCUT2D eigenvalue weighted by molar-refractivity contribution is -0.144. The van der Waals surface area contributed by atoms with E-state index in [1.807, 2.05) is 0 Å². The zero-order valence-corrected chi connectivity index (χ0v) is 10.1. The molecule has 18 heavy (non-hydrogen) atoms. The second kappa shape index (κ2) is 5.77. The van der Waals surface area contributed by atoms with Crippen LogP contribution in [0.1, 0.15) is 6.42 Å². The van der Waals surface area contributed by atoms with Gasteiger partial charge in [0, 0.05) is 6.04 Å². The Hall–Kier alpha value is -1.69. The van der Waals surface area contributed by atoms with E-state index < -0.39 is 38.3 Å². The van der Waals surface area contributed by atoms with E-state index >= 15 is 0 Å². The van der Waals surface area contributed by atoms with E-state index in [0.29, 0.717) is 0 Å². The highest BCUT2D eigenvalue weighted by atomic mass is 32.2. The molecule has 0 radical (unpaired) electrons. The molecule has 1 atom stereocenters. The van der Waals surface area contributed by atoms with E-state index in [2.05, 4.69) is 11.3 Å². The number of ether oxygens (including phenoxy) is 1. The summed E-state index contributed by atoms with van der Waals surface area (Å²) in [5.41, 5.74) is -5.60. The van der Waals surface area contributed by atoms with Crippen molar-refractivity contribution in [3.8, 4) is 12.5 Å². The highest BCUT2D eigenvalue weighted by Gasteiger charge is 2.52. The standard InChI is InChI=1S/C9H10F3NO4S/c1-4-6-7(8(14)17-3)13(5-2)18(15,16)9(10,11)12/h2,4,7H,1,6H2,3H3/t7-/m0/s1. The molecule has 0 aromatic carbocycles. The van der Waals surface area contributed by atoms with Crippen molar-refractivity contribution in [3.05, 3.63) is 12.7 Å². The summed E-state index contributed by atoms with van der Waals surface area (Å²) in [6.07, 6.45) is 5.38. The highest BCUT2D eigenvalue weighted by molar-refractivity contribution is 7.90. The minimum atomic E-state index is -5.82. The minimum Gasteiger partial charge on any atom is -0.467 e. The zero-order valence-electron chi connectivity index (χ0n) is 9.27. The Balaban J connectivity index is 5.62. The number of methoxy groups -OCH3 is 1. The van der Waals surface area contributed by atoms with Gasteiger partial charge in [-0.1, -0.05) is 12.5 Å². The van der Waals surface area contributed by atoms with Crippen LogP contribution in [-0.2, 0) is 19.6 Å². The van der Waals surface area contributed by atoms with Crippen LogP contribution in [0.3, 0.4) is 0 Å². The van der Waals surface area contributed by atoms with Gasteiger partial charge in [0.1, 0.15) is 0 Å². The molecule has 0 spiro atoms. The van der Waals surface area contributed by atoms with Gasteiger partial charge >= 0.3 is 21.5 Å². The van der Waals surface area contributed by atoms with E-state index in [-0.39, 0.29) is 0 Å². The normalized spacial score (nSPS) is 13.3. The smallest absolute Gasteiger partial charge is 0.467 e. The van der Waals surface area contributed by atoms with Crippen LogP contribution in [0.2, 0.25) is 0 Å². The summed E-state index contributed by atoms with van der Waals surface area (Å²) in [4.78, 5) is 11.2. The van der Waals surface area contributed by atoms with E-state index in [9.17, 15) is 26.4 Å². The van der Waals surface area contributed by atoms with Crippen LogP contribution in [0, 0.1) is 12.5 Å². The van der Waals surface area contributed by atoms with Crippen molar-refractivity contribution in [2.75, 3.05) is 7.11 Å². The van der Waals surface area contributed by atoms with E-state index in [4.69, 9.17) is 6.42 Å². The topological polar surface area (TPSA) is 63.7 Å². The number of nitrogens with zero attached hydrogens (tertiary/aromatic N) is 1. The summed E-state index contributed by atoms with van der Waals surface area (Å²) in [6.45, 7) is 3.20. The SMILES string of the molecule is C#CN([C@@H](CC=C)C(=O)OC)S(=O)(=O)C(F)(F)F. The largest absolute Gasteiger partial charge is 0.517 e. The van der Waals surface area contributed by atoms with Gasteiger partial charge in [0.2, 0.25) is 0 Å². The minimum absolute atomic E-state index is 0.411. The molecule has 0 fully saturated rings. The van der Waals surface area contributed by atoms with E-state index in [0.717, 1.165) is 13.2 Å². The fourth-order valence-electron chi connectivity index (χ4n) is 1.02. The Bertz CT molecular complexity index is 463. The second-order valence-corrected chi connectivity index (χ2v) is 4.75. The molecular weight excluding hydrogens is 275 g/mol. The Labute approximate surface area is 102 Å². The predicted molar refractivity (Wildman–Crippen MR) is 56.3 cm³/mol. The number of terminal acetylenes is 1. The molecule has 0 amide bonds. The van der Waals surface area contributed by atoms with Gasteiger partial charge in [-0.3, -0.25) is 0 Å².